The van der Waals surface area contributed by atoms with Crippen LogP contribution in [0.15, 0.2) is 48.5 Å². The number of benzene rings is 2. The first-order valence-electron chi connectivity index (χ1n) is 6.42. The van der Waals surface area contributed by atoms with Crippen molar-refractivity contribution in [1.29, 1.82) is 0 Å². The molecule has 2 aromatic carbocycles. The summed E-state index contributed by atoms with van der Waals surface area (Å²) in [5.41, 5.74) is 11.2. The van der Waals surface area contributed by atoms with Crippen LogP contribution >= 0.6 is 0 Å². The lowest BCUT2D eigenvalue weighted by Crippen LogP contribution is -2.20. The molecule has 0 spiro atoms. The van der Waals surface area contributed by atoms with Crippen LogP contribution in [-0.4, -0.2) is 6.54 Å². The molecule has 0 amide bonds. The fraction of sp³-hybridized carbons (Fsp3) is 0.250. The number of hydrogen-bond acceptors (Lipinski definition) is 2. The molecule has 3 rings (SSSR count). The molecule has 92 valence electrons. The maximum atomic E-state index is 5.99. The highest BCUT2D eigenvalue weighted by molar-refractivity contribution is 5.61. The second kappa shape index (κ2) is 4.46. The Morgan fingerprint density at radius 3 is 2.39 bits per heavy atom. The molecule has 0 saturated carbocycles. The second-order valence-corrected chi connectivity index (χ2v) is 4.91. The van der Waals surface area contributed by atoms with Crippen LogP contribution in [0.5, 0.6) is 0 Å². The van der Waals surface area contributed by atoms with Gasteiger partial charge in [0.05, 0.1) is 6.04 Å². The lowest BCUT2D eigenvalue weighted by Gasteiger charge is -2.21. The normalized spacial score (nSPS) is 21.4. The first-order valence-corrected chi connectivity index (χ1v) is 6.42. The third-order valence-corrected chi connectivity index (χ3v) is 3.85. The number of aryl methyl sites for hydroxylation is 1. The van der Waals surface area contributed by atoms with Gasteiger partial charge in [-0.2, -0.15) is 0 Å². The van der Waals surface area contributed by atoms with Crippen molar-refractivity contribution in [3.8, 4) is 0 Å². The number of para-hydroxylation sites is 1. The van der Waals surface area contributed by atoms with Crippen LogP contribution in [0.3, 0.4) is 0 Å². The molecular formula is C16H18N2. The predicted octanol–water partition coefficient (Wildman–Crippen LogP) is 3.20. The largest absolute Gasteiger partial charge is 0.377 e. The number of nitrogens with two attached hydrogens (primary N) is 1. The minimum Gasteiger partial charge on any atom is -0.377 e. The third kappa shape index (κ3) is 1.70. The zero-order valence-corrected chi connectivity index (χ0v) is 10.6. The van der Waals surface area contributed by atoms with Gasteiger partial charge in [-0.1, -0.05) is 42.5 Å². The topological polar surface area (TPSA) is 38.0 Å². The summed E-state index contributed by atoms with van der Waals surface area (Å²) in [6.07, 6.45) is 0. The molecule has 1 heterocycles. The van der Waals surface area contributed by atoms with Gasteiger partial charge in [-0.25, -0.2) is 0 Å². The smallest absolute Gasteiger partial charge is 0.0597 e. The Balaban J connectivity index is 2.04. The van der Waals surface area contributed by atoms with Crippen molar-refractivity contribution in [2.24, 2.45) is 5.73 Å². The summed E-state index contributed by atoms with van der Waals surface area (Å²) in [5.74, 6) is 0.363. The average molecular weight is 238 g/mol. The second-order valence-electron chi connectivity index (χ2n) is 4.91. The van der Waals surface area contributed by atoms with E-state index in [1.54, 1.807) is 0 Å². The van der Waals surface area contributed by atoms with Crippen LogP contribution < -0.4 is 11.1 Å². The molecule has 0 radical (unpaired) electrons. The fourth-order valence-corrected chi connectivity index (χ4v) is 2.89. The van der Waals surface area contributed by atoms with E-state index < -0.39 is 0 Å². The molecule has 2 heteroatoms. The molecule has 0 bridgehead atoms. The van der Waals surface area contributed by atoms with Gasteiger partial charge in [0.2, 0.25) is 0 Å². The van der Waals surface area contributed by atoms with E-state index in [0.717, 1.165) is 0 Å². The van der Waals surface area contributed by atoms with E-state index in [4.69, 9.17) is 5.73 Å². The number of nitrogens with one attached hydrogen (secondary N) is 1. The summed E-state index contributed by atoms with van der Waals surface area (Å²) in [6.45, 7) is 2.83. The van der Waals surface area contributed by atoms with Crippen molar-refractivity contribution in [2.45, 2.75) is 18.9 Å². The van der Waals surface area contributed by atoms with Crippen molar-refractivity contribution in [3.05, 3.63) is 65.2 Å². The van der Waals surface area contributed by atoms with Crippen molar-refractivity contribution >= 4 is 5.69 Å². The molecule has 3 N–H and O–H groups in total. The number of hydrogen-bond donors (Lipinski definition) is 2. The average Bonchev–Trinajstić information content (AvgIpc) is 2.77. The van der Waals surface area contributed by atoms with Crippen LogP contribution in [0.25, 0.3) is 0 Å². The zero-order valence-electron chi connectivity index (χ0n) is 10.6. The minimum atomic E-state index is 0.300. The SMILES string of the molecule is Cc1ccccc1C1Nc2ccccc2C1CN. The molecule has 0 aromatic heterocycles. The van der Waals surface area contributed by atoms with Crippen molar-refractivity contribution < 1.29 is 0 Å². The summed E-state index contributed by atoms with van der Waals surface area (Å²) in [5, 5.41) is 3.61. The van der Waals surface area contributed by atoms with E-state index in [2.05, 4.69) is 60.8 Å². The first kappa shape index (κ1) is 11.3. The van der Waals surface area contributed by atoms with Crippen LogP contribution in [0.2, 0.25) is 0 Å². The Morgan fingerprint density at radius 2 is 1.67 bits per heavy atom. The standard InChI is InChI=1S/C16H18N2/c1-11-6-2-3-7-12(11)16-14(10-17)13-8-4-5-9-15(13)18-16/h2-9,14,16,18H,10,17H2,1H3. The van der Waals surface area contributed by atoms with Crippen LogP contribution in [0, 0.1) is 6.92 Å². The van der Waals surface area contributed by atoms with E-state index in [1.807, 2.05) is 0 Å². The highest BCUT2D eigenvalue weighted by Crippen LogP contribution is 2.43. The molecule has 1 aliphatic heterocycles. The minimum absolute atomic E-state index is 0.300. The van der Waals surface area contributed by atoms with Crippen molar-refractivity contribution in [3.63, 3.8) is 0 Å². The van der Waals surface area contributed by atoms with Gasteiger partial charge in [-0.3, -0.25) is 0 Å². The van der Waals surface area contributed by atoms with Gasteiger partial charge in [0.15, 0.2) is 0 Å². The highest BCUT2D eigenvalue weighted by Gasteiger charge is 2.32. The molecule has 18 heavy (non-hydrogen) atoms. The van der Waals surface area contributed by atoms with E-state index >= 15 is 0 Å². The summed E-state index contributed by atoms with van der Waals surface area (Å²) < 4.78 is 0. The van der Waals surface area contributed by atoms with Gasteiger partial charge in [0.25, 0.3) is 0 Å². The van der Waals surface area contributed by atoms with Crippen LogP contribution in [-0.2, 0) is 0 Å². The number of fused-ring (bicyclic) bond motifs is 1. The van der Waals surface area contributed by atoms with Crippen molar-refractivity contribution in [2.75, 3.05) is 11.9 Å². The van der Waals surface area contributed by atoms with Gasteiger partial charge in [0.1, 0.15) is 0 Å². The van der Waals surface area contributed by atoms with E-state index in [0.29, 0.717) is 18.5 Å². The molecule has 2 aromatic rings. The lowest BCUT2D eigenvalue weighted by atomic mass is 9.89. The van der Waals surface area contributed by atoms with Gasteiger partial charge >= 0.3 is 0 Å². The molecule has 0 fully saturated rings. The van der Waals surface area contributed by atoms with Gasteiger partial charge < -0.3 is 11.1 Å². The Kier molecular flexibility index (Phi) is 2.80. The van der Waals surface area contributed by atoms with E-state index in [1.165, 1.54) is 22.4 Å². The Morgan fingerprint density at radius 1 is 1.00 bits per heavy atom. The quantitative estimate of drug-likeness (QED) is 0.843. The monoisotopic (exact) mass is 238 g/mol. The van der Waals surface area contributed by atoms with Crippen LogP contribution in [0.1, 0.15) is 28.7 Å². The number of rotatable bonds is 2. The molecule has 2 unspecified atom stereocenters. The van der Waals surface area contributed by atoms with E-state index in [9.17, 15) is 0 Å². The third-order valence-electron chi connectivity index (χ3n) is 3.85. The molecule has 1 aliphatic rings. The molecular weight excluding hydrogens is 220 g/mol. The first-order chi connectivity index (χ1) is 8.81. The Bertz CT molecular complexity index is 563. The maximum absolute atomic E-state index is 5.99. The lowest BCUT2D eigenvalue weighted by molar-refractivity contribution is 0.627. The Labute approximate surface area is 108 Å². The summed E-state index contributed by atoms with van der Waals surface area (Å²) in [6, 6.07) is 17.3. The highest BCUT2D eigenvalue weighted by atomic mass is 15.0. The maximum Gasteiger partial charge on any atom is 0.0597 e. The predicted molar refractivity (Wildman–Crippen MR) is 75.8 cm³/mol. The fourth-order valence-electron chi connectivity index (χ4n) is 2.89. The Hall–Kier alpha value is -1.80. The van der Waals surface area contributed by atoms with Crippen LogP contribution in [0.4, 0.5) is 5.69 Å². The van der Waals surface area contributed by atoms with E-state index in [-0.39, 0.29) is 0 Å². The van der Waals surface area contributed by atoms with Crippen molar-refractivity contribution in [1.82, 2.24) is 0 Å². The van der Waals surface area contributed by atoms with Gasteiger partial charge in [-0.15, -0.1) is 0 Å². The molecule has 0 saturated heterocycles. The zero-order chi connectivity index (χ0) is 12.5. The summed E-state index contributed by atoms with van der Waals surface area (Å²) in [7, 11) is 0. The van der Waals surface area contributed by atoms with Gasteiger partial charge in [0, 0.05) is 18.2 Å². The molecule has 2 atom stereocenters. The number of anilines is 1. The summed E-state index contributed by atoms with van der Waals surface area (Å²) in [4.78, 5) is 0. The summed E-state index contributed by atoms with van der Waals surface area (Å²) >= 11 is 0. The molecule has 2 nitrogen and oxygen atoms in total. The van der Waals surface area contributed by atoms with Gasteiger partial charge in [-0.05, 0) is 29.7 Å². The molecule has 0 aliphatic carbocycles.